The Balaban J connectivity index is 1.94. The van der Waals surface area contributed by atoms with Crippen LogP contribution in [0.2, 0.25) is 0 Å². The molecule has 2 aromatic carbocycles. The molecule has 0 atom stereocenters. The topological polar surface area (TPSA) is 38.1 Å². The summed E-state index contributed by atoms with van der Waals surface area (Å²) < 4.78 is 5.61. The molecular weight excluding hydrogens is 260 g/mol. The van der Waals surface area contributed by atoms with Gasteiger partial charge in [0.05, 0.1) is 0 Å². The van der Waals surface area contributed by atoms with E-state index in [2.05, 4.69) is 73.5 Å². The van der Waals surface area contributed by atoms with E-state index in [-0.39, 0.29) is 5.54 Å². The molecule has 3 aromatic rings. The molecule has 0 saturated carbocycles. The van der Waals surface area contributed by atoms with Gasteiger partial charge in [0, 0.05) is 17.6 Å². The minimum absolute atomic E-state index is 0.0552. The summed E-state index contributed by atoms with van der Waals surface area (Å²) in [6, 6.07) is 14.7. The normalized spacial score (nSPS) is 12.0. The molecule has 1 N–H and O–H groups in total. The van der Waals surface area contributed by atoms with Gasteiger partial charge in [0.2, 0.25) is 0 Å². The molecule has 1 aromatic heterocycles. The minimum Gasteiger partial charge on any atom is -0.443 e. The first-order valence-corrected chi connectivity index (χ1v) is 7.19. The molecule has 1 heterocycles. The van der Waals surface area contributed by atoms with Crippen LogP contribution in [0.15, 0.2) is 53.3 Å². The lowest BCUT2D eigenvalue weighted by molar-refractivity contribution is 0.421. The molecule has 21 heavy (non-hydrogen) atoms. The first-order chi connectivity index (χ1) is 10.0. The van der Waals surface area contributed by atoms with Gasteiger partial charge in [0.25, 0.3) is 0 Å². The van der Waals surface area contributed by atoms with Crippen LogP contribution in [0.4, 0.5) is 0 Å². The molecular formula is C18H20N2O. The van der Waals surface area contributed by atoms with E-state index in [1.165, 1.54) is 17.2 Å². The molecule has 0 unspecified atom stereocenters. The maximum atomic E-state index is 5.61. The zero-order chi connectivity index (χ0) is 14.9. The largest absolute Gasteiger partial charge is 0.443 e. The summed E-state index contributed by atoms with van der Waals surface area (Å²) in [6.45, 7) is 7.12. The molecule has 0 aliphatic carbocycles. The van der Waals surface area contributed by atoms with Crippen molar-refractivity contribution in [1.29, 1.82) is 0 Å². The standard InChI is InChI=1S/C18H20N2O/c1-18(2,3)20-11-16-17(21-12-19-16)15-9-8-13-6-4-5-7-14(13)10-15/h4-10,12,20H,11H2,1-3H3. The molecule has 0 amide bonds. The molecule has 0 fully saturated rings. The van der Waals surface area contributed by atoms with Crippen LogP contribution in [-0.2, 0) is 6.54 Å². The van der Waals surface area contributed by atoms with Crippen LogP contribution in [-0.4, -0.2) is 10.5 Å². The molecule has 3 rings (SSSR count). The lowest BCUT2D eigenvalue weighted by atomic mass is 10.0. The number of rotatable bonds is 3. The molecule has 3 heteroatoms. The van der Waals surface area contributed by atoms with Gasteiger partial charge in [0.1, 0.15) is 5.69 Å². The van der Waals surface area contributed by atoms with Crippen LogP contribution >= 0.6 is 0 Å². The van der Waals surface area contributed by atoms with Gasteiger partial charge in [-0.15, -0.1) is 0 Å². The fourth-order valence-corrected chi connectivity index (χ4v) is 2.31. The summed E-state index contributed by atoms with van der Waals surface area (Å²) in [6.07, 6.45) is 1.52. The van der Waals surface area contributed by atoms with E-state index in [4.69, 9.17) is 4.42 Å². The Morgan fingerprint density at radius 1 is 1.05 bits per heavy atom. The molecule has 0 saturated heterocycles. The van der Waals surface area contributed by atoms with Crippen molar-refractivity contribution in [3.63, 3.8) is 0 Å². The Bertz CT molecular complexity index is 753. The number of hydrogen-bond acceptors (Lipinski definition) is 3. The van der Waals surface area contributed by atoms with Crippen LogP contribution in [0.5, 0.6) is 0 Å². The second kappa shape index (κ2) is 5.34. The van der Waals surface area contributed by atoms with Crippen molar-refractivity contribution in [2.45, 2.75) is 32.9 Å². The van der Waals surface area contributed by atoms with E-state index >= 15 is 0 Å². The zero-order valence-electron chi connectivity index (χ0n) is 12.7. The molecule has 0 spiro atoms. The van der Waals surface area contributed by atoms with Crippen molar-refractivity contribution < 1.29 is 4.42 Å². The number of nitrogens with one attached hydrogen (secondary N) is 1. The predicted octanol–water partition coefficient (Wildman–Crippen LogP) is 4.38. The highest BCUT2D eigenvalue weighted by Gasteiger charge is 2.14. The number of oxazole rings is 1. The van der Waals surface area contributed by atoms with Gasteiger partial charge >= 0.3 is 0 Å². The highest BCUT2D eigenvalue weighted by atomic mass is 16.3. The predicted molar refractivity (Wildman–Crippen MR) is 86.0 cm³/mol. The van der Waals surface area contributed by atoms with E-state index in [1.54, 1.807) is 0 Å². The Labute approximate surface area is 125 Å². The van der Waals surface area contributed by atoms with E-state index in [9.17, 15) is 0 Å². The fourth-order valence-electron chi connectivity index (χ4n) is 2.31. The summed E-state index contributed by atoms with van der Waals surface area (Å²) >= 11 is 0. The van der Waals surface area contributed by atoms with Gasteiger partial charge < -0.3 is 9.73 Å². The Morgan fingerprint density at radius 3 is 2.57 bits per heavy atom. The molecule has 0 radical (unpaired) electrons. The molecule has 0 bridgehead atoms. The van der Waals surface area contributed by atoms with Crippen molar-refractivity contribution in [3.05, 3.63) is 54.6 Å². The van der Waals surface area contributed by atoms with Gasteiger partial charge in [-0.25, -0.2) is 4.98 Å². The van der Waals surface area contributed by atoms with Crippen LogP contribution in [0, 0.1) is 0 Å². The Morgan fingerprint density at radius 2 is 1.81 bits per heavy atom. The van der Waals surface area contributed by atoms with Crippen molar-refractivity contribution in [2.75, 3.05) is 0 Å². The average molecular weight is 280 g/mol. The molecule has 108 valence electrons. The van der Waals surface area contributed by atoms with E-state index in [1.807, 2.05) is 0 Å². The molecule has 3 nitrogen and oxygen atoms in total. The quantitative estimate of drug-likeness (QED) is 0.773. The number of fused-ring (bicyclic) bond motifs is 1. The summed E-state index contributed by atoms with van der Waals surface area (Å²) in [5.41, 5.74) is 2.07. The summed E-state index contributed by atoms with van der Waals surface area (Å²) in [5.74, 6) is 0.845. The first kappa shape index (κ1) is 13.8. The van der Waals surface area contributed by atoms with Crippen LogP contribution < -0.4 is 5.32 Å². The highest BCUT2D eigenvalue weighted by molar-refractivity contribution is 5.86. The zero-order valence-corrected chi connectivity index (χ0v) is 12.7. The number of benzene rings is 2. The average Bonchev–Trinajstić information content (AvgIpc) is 2.92. The van der Waals surface area contributed by atoms with Gasteiger partial charge in [0.15, 0.2) is 12.2 Å². The monoisotopic (exact) mass is 280 g/mol. The van der Waals surface area contributed by atoms with Gasteiger partial charge in [-0.3, -0.25) is 0 Å². The van der Waals surface area contributed by atoms with E-state index < -0.39 is 0 Å². The summed E-state index contributed by atoms with van der Waals surface area (Å²) in [4.78, 5) is 4.35. The van der Waals surface area contributed by atoms with Crippen molar-refractivity contribution in [3.8, 4) is 11.3 Å². The summed E-state index contributed by atoms with van der Waals surface area (Å²) in [7, 11) is 0. The number of nitrogens with zero attached hydrogens (tertiary/aromatic N) is 1. The van der Waals surface area contributed by atoms with E-state index in [0.717, 1.165) is 17.0 Å². The summed E-state index contributed by atoms with van der Waals surface area (Å²) in [5, 5.41) is 5.89. The second-order valence-corrected chi connectivity index (χ2v) is 6.29. The minimum atomic E-state index is 0.0552. The van der Waals surface area contributed by atoms with Crippen molar-refractivity contribution in [2.24, 2.45) is 0 Å². The van der Waals surface area contributed by atoms with Crippen LogP contribution in [0.25, 0.3) is 22.1 Å². The highest BCUT2D eigenvalue weighted by Crippen LogP contribution is 2.27. The number of hydrogen-bond donors (Lipinski definition) is 1. The third-order valence-electron chi connectivity index (χ3n) is 3.44. The lowest BCUT2D eigenvalue weighted by Gasteiger charge is -2.19. The third-order valence-corrected chi connectivity index (χ3v) is 3.44. The Hall–Kier alpha value is -2.13. The van der Waals surface area contributed by atoms with Crippen molar-refractivity contribution >= 4 is 10.8 Å². The van der Waals surface area contributed by atoms with Gasteiger partial charge in [-0.2, -0.15) is 0 Å². The van der Waals surface area contributed by atoms with E-state index in [0.29, 0.717) is 6.54 Å². The van der Waals surface area contributed by atoms with Gasteiger partial charge in [-0.05, 0) is 37.6 Å². The van der Waals surface area contributed by atoms with Crippen LogP contribution in [0.3, 0.4) is 0 Å². The maximum absolute atomic E-state index is 5.61. The fraction of sp³-hybridized carbons (Fsp3) is 0.278. The lowest BCUT2D eigenvalue weighted by Crippen LogP contribution is -2.35. The smallest absolute Gasteiger partial charge is 0.181 e. The van der Waals surface area contributed by atoms with Crippen molar-refractivity contribution in [1.82, 2.24) is 10.3 Å². The number of aromatic nitrogens is 1. The molecule has 0 aliphatic rings. The molecule has 0 aliphatic heterocycles. The second-order valence-electron chi connectivity index (χ2n) is 6.29. The maximum Gasteiger partial charge on any atom is 0.181 e. The van der Waals surface area contributed by atoms with Crippen LogP contribution in [0.1, 0.15) is 26.5 Å². The Kier molecular flexibility index (Phi) is 3.52. The first-order valence-electron chi connectivity index (χ1n) is 7.19. The third kappa shape index (κ3) is 3.14. The SMILES string of the molecule is CC(C)(C)NCc1ncoc1-c1ccc2ccccc2c1. The van der Waals surface area contributed by atoms with Gasteiger partial charge in [-0.1, -0.05) is 36.4 Å².